The van der Waals surface area contributed by atoms with E-state index < -0.39 is 0 Å². The summed E-state index contributed by atoms with van der Waals surface area (Å²) in [5.74, 6) is 2.19. The lowest BCUT2D eigenvalue weighted by Gasteiger charge is -2.21. The van der Waals surface area contributed by atoms with E-state index in [4.69, 9.17) is 0 Å². The highest BCUT2D eigenvalue weighted by atomic mass is 16.2. The Bertz CT molecular complexity index is 555. The fourth-order valence-corrected chi connectivity index (χ4v) is 3.95. The topological polar surface area (TPSA) is 58.2 Å². The summed E-state index contributed by atoms with van der Waals surface area (Å²) in [6, 6.07) is 7.29. The Morgan fingerprint density at radius 2 is 1.90 bits per heavy atom. The maximum atomic E-state index is 12.2. The van der Waals surface area contributed by atoms with Gasteiger partial charge in [0.05, 0.1) is 0 Å². The van der Waals surface area contributed by atoms with Crippen LogP contribution < -0.4 is 10.6 Å². The molecule has 0 aromatic heterocycles. The van der Waals surface area contributed by atoms with E-state index in [2.05, 4.69) is 10.6 Å². The van der Waals surface area contributed by atoms with Crippen LogP contribution in [0.2, 0.25) is 0 Å². The van der Waals surface area contributed by atoms with Gasteiger partial charge in [-0.05, 0) is 55.2 Å². The van der Waals surface area contributed by atoms with Gasteiger partial charge in [-0.15, -0.1) is 0 Å². The monoisotopic (exact) mass is 286 g/mol. The average Bonchev–Trinajstić information content (AvgIpc) is 3.00. The Morgan fingerprint density at radius 3 is 2.52 bits per heavy atom. The first-order valence-corrected chi connectivity index (χ1v) is 7.77. The highest BCUT2D eigenvalue weighted by molar-refractivity contribution is 5.93. The fraction of sp³-hybridized carbons (Fsp3) is 0.529. The molecule has 0 unspecified atom stereocenters. The van der Waals surface area contributed by atoms with Crippen LogP contribution in [-0.4, -0.2) is 11.8 Å². The number of fused-ring (bicyclic) bond motifs is 2. The van der Waals surface area contributed by atoms with E-state index in [1.165, 1.54) is 32.6 Å². The minimum absolute atomic E-state index is 0.0903. The molecule has 21 heavy (non-hydrogen) atoms. The molecule has 0 aliphatic heterocycles. The van der Waals surface area contributed by atoms with Gasteiger partial charge in [0.1, 0.15) is 0 Å². The lowest BCUT2D eigenvalue weighted by Crippen LogP contribution is -2.20. The van der Waals surface area contributed by atoms with E-state index >= 15 is 0 Å². The molecule has 2 N–H and O–H groups in total. The lowest BCUT2D eigenvalue weighted by atomic mass is 9.86. The van der Waals surface area contributed by atoms with Gasteiger partial charge in [-0.2, -0.15) is 0 Å². The van der Waals surface area contributed by atoms with Gasteiger partial charge < -0.3 is 10.6 Å². The van der Waals surface area contributed by atoms with Gasteiger partial charge in [-0.3, -0.25) is 9.59 Å². The van der Waals surface area contributed by atoms with Gasteiger partial charge >= 0.3 is 0 Å². The maximum absolute atomic E-state index is 12.2. The van der Waals surface area contributed by atoms with Crippen LogP contribution >= 0.6 is 0 Å². The van der Waals surface area contributed by atoms with Crippen molar-refractivity contribution in [3.8, 4) is 0 Å². The van der Waals surface area contributed by atoms with Crippen molar-refractivity contribution in [1.29, 1.82) is 0 Å². The minimum Gasteiger partial charge on any atom is -0.326 e. The average molecular weight is 286 g/mol. The van der Waals surface area contributed by atoms with E-state index in [-0.39, 0.29) is 11.8 Å². The van der Waals surface area contributed by atoms with Crippen LogP contribution in [0.25, 0.3) is 0 Å². The summed E-state index contributed by atoms with van der Waals surface area (Å²) in [6.45, 7) is 1.47. The number of nitrogens with one attached hydrogen (secondary N) is 2. The van der Waals surface area contributed by atoms with E-state index in [9.17, 15) is 9.59 Å². The molecule has 0 spiro atoms. The zero-order valence-electron chi connectivity index (χ0n) is 12.4. The van der Waals surface area contributed by atoms with Crippen molar-refractivity contribution in [2.75, 3.05) is 10.6 Å². The van der Waals surface area contributed by atoms with Crippen LogP contribution in [0.5, 0.6) is 0 Å². The Kier molecular flexibility index (Phi) is 3.95. The summed E-state index contributed by atoms with van der Waals surface area (Å²) in [4.78, 5) is 23.2. The molecule has 4 heteroatoms. The fourth-order valence-electron chi connectivity index (χ4n) is 3.95. The van der Waals surface area contributed by atoms with Gasteiger partial charge in [0.15, 0.2) is 0 Å². The third kappa shape index (κ3) is 3.43. The molecule has 0 saturated heterocycles. The molecule has 1 aromatic rings. The Balaban J connectivity index is 1.56. The van der Waals surface area contributed by atoms with Crippen molar-refractivity contribution in [3.63, 3.8) is 0 Å². The lowest BCUT2D eigenvalue weighted by molar-refractivity contribution is -0.117. The second-order valence-electron chi connectivity index (χ2n) is 6.45. The van der Waals surface area contributed by atoms with Crippen LogP contribution in [0.15, 0.2) is 24.3 Å². The van der Waals surface area contributed by atoms with Gasteiger partial charge in [-0.1, -0.05) is 12.5 Å². The number of carbonyl (C=O) groups is 2. The highest BCUT2D eigenvalue weighted by Crippen LogP contribution is 2.49. The number of hydrogen-bond acceptors (Lipinski definition) is 2. The Hall–Kier alpha value is -1.84. The molecule has 112 valence electrons. The van der Waals surface area contributed by atoms with Gasteiger partial charge in [0.25, 0.3) is 0 Å². The van der Waals surface area contributed by atoms with Crippen molar-refractivity contribution in [3.05, 3.63) is 24.3 Å². The first-order valence-electron chi connectivity index (χ1n) is 7.77. The predicted molar refractivity (Wildman–Crippen MR) is 82.9 cm³/mol. The van der Waals surface area contributed by atoms with Crippen LogP contribution in [0.1, 0.15) is 39.0 Å². The molecule has 3 rings (SSSR count). The zero-order chi connectivity index (χ0) is 14.8. The van der Waals surface area contributed by atoms with Crippen molar-refractivity contribution < 1.29 is 9.59 Å². The summed E-state index contributed by atoms with van der Waals surface area (Å²) >= 11 is 0. The number of amides is 2. The van der Waals surface area contributed by atoms with E-state index in [1.807, 2.05) is 18.2 Å². The molecule has 2 bridgehead atoms. The van der Waals surface area contributed by atoms with Crippen molar-refractivity contribution in [1.82, 2.24) is 0 Å². The highest BCUT2D eigenvalue weighted by Gasteiger charge is 2.40. The molecule has 2 aliphatic carbocycles. The van der Waals surface area contributed by atoms with Crippen LogP contribution in [-0.2, 0) is 9.59 Å². The molecule has 2 aliphatic rings. The quantitative estimate of drug-likeness (QED) is 0.891. The number of carbonyl (C=O) groups excluding carboxylic acids is 2. The second-order valence-corrected chi connectivity index (χ2v) is 6.45. The van der Waals surface area contributed by atoms with Gasteiger partial charge in [0, 0.05) is 24.7 Å². The summed E-state index contributed by atoms with van der Waals surface area (Å²) in [7, 11) is 0. The Morgan fingerprint density at radius 1 is 1.14 bits per heavy atom. The van der Waals surface area contributed by atoms with E-state index in [1.54, 1.807) is 6.07 Å². The standard InChI is InChI=1S/C17H22N2O2/c1-11(20)18-15-3-2-4-16(10-15)19-17(21)9-14-8-12-5-6-13(14)7-12/h2-4,10,12-14H,5-9H2,1H3,(H,18,20)(H,19,21)/t12-,13-,14-/m1/s1. The third-order valence-electron chi connectivity index (χ3n) is 4.80. The second kappa shape index (κ2) is 5.88. The number of benzene rings is 1. The van der Waals surface area contributed by atoms with Crippen LogP contribution in [0, 0.1) is 17.8 Å². The van der Waals surface area contributed by atoms with Crippen molar-refractivity contribution in [2.45, 2.75) is 39.0 Å². The van der Waals surface area contributed by atoms with E-state index in [0.717, 1.165) is 17.5 Å². The molecule has 1 aromatic carbocycles. The molecule has 0 radical (unpaired) electrons. The minimum atomic E-state index is -0.111. The predicted octanol–water partition coefficient (Wildman–Crippen LogP) is 3.41. The van der Waals surface area contributed by atoms with Gasteiger partial charge in [-0.25, -0.2) is 0 Å². The van der Waals surface area contributed by atoms with Crippen molar-refractivity contribution >= 4 is 23.2 Å². The zero-order valence-corrected chi connectivity index (χ0v) is 12.4. The van der Waals surface area contributed by atoms with Crippen LogP contribution in [0.4, 0.5) is 11.4 Å². The number of hydrogen-bond donors (Lipinski definition) is 2. The molecular formula is C17H22N2O2. The van der Waals surface area contributed by atoms with Crippen LogP contribution in [0.3, 0.4) is 0 Å². The molecule has 0 heterocycles. The third-order valence-corrected chi connectivity index (χ3v) is 4.80. The normalized spacial score (nSPS) is 26.6. The maximum Gasteiger partial charge on any atom is 0.224 e. The summed E-state index contributed by atoms with van der Waals surface area (Å²) in [6.07, 6.45) is 5.85. The summed E-state index contributed by atoms with van der Waals surface area (Å²) in [5, 5.41) is 5.67. The summed E-state index contributed by atoms with van der Waals surface area (Å²) in [5.41, 5.74) is 1.45. The summed E-state index contributed by atoms with van der Waals surface area (Å²) < 4.78 is 0. The largest absolute Gasteiger partial charge is 0.326 e. The molecule has 3 atom stereocenters. The number of anilines is 2. The molecular weight excluding hydrogens is 264 g/mol. The van der Waals surface area contributed by atoms with Gasteiger partial charge in [0.2, 0.25) is 11.8 Å². The first-order chi connectivity index (χ1) is 10.1. The van der Waals surface area contributed by atoms with E-state index in [0.29, 0.717) is 18.0 Å². The first kappa shape index (κ1) is 14.1. The SMILES string of the molecule is CC(=O)Nc1cccc(NC(=O)C[C@H]2C[C@@H]3CC[C@@H]2C3)c1. The van der Waals surface area contributed by atoms with Crippen molar-refractivity contribution in [2.24, 2.45) is 17.8 Å². The molecule has 2 saturated carbocycles. The molecule has 4 nitrogen and oxygen atoms in total. The number of rotatable bonds is 4. The Labute approximate surface area is 125 Å². The smallest absolute Gasteiger partial charge is 0.224 e. The molecule has 2 amide bonds. The molecule has 2 fully saturated rings.